The van der Waals surface area contributed by atoms with Crippen LogP contribution in [0.4, 0.5) is 0 Å². The maximum atomic E-state index is 11.8. The normalized spacial score (nSPS) is 12.6. The Morgan fingerprint density at radius 2 is 1.42 bits per heavy atom. The van der Waals surface area contributed by atoms with Crippen molar-refractivity contribution in [3.8, 4) is 0 Å². The van der Waals surface area contributed by atoms with Crippen LogP contribution in [0, 0.1) is 0 Å². The molecule has 0 aromatic carbocycles. The molecule has 2 atom stereocenters. The molecular weight excluding hydrogens is 448 g/mol. The number of carbonyl (C=O) groups is 3. The number of aliphatic carboxylic acids is 1. The summed E-state index contributed by atoms with van der Waals surface area (Å²) in [4.78, 5) is 34.2. The Morgan fingerprint density at radius 1 is 0.935 bits per heavy atom. The molecule has 0 spiro atoms. The van der Waals surface area contributed by atoms with Gasteiger partial charge in [0.1, 0.15) is 6.10 Å². The van der Waals surface area contributed by atoms with Crippen molar-refractivity contribution in [3.05, 3.63) is 0 Å². The van der Waals surface area contributed by atoms with Crippen LogP contribution in [0.1, 0.15) is 84.5 Å². The van der Waals surface area contributed by atoms with E-state index in [9.17, 15) is 22.8 Å². The number of hydrogen-bond donors (Lipinski definition) is 3. The van der Waals surface area contributed by atoms with Gasteiger partial charge in [-0.1, -0.05) is 58.3 Å². The molecule has 9 nitrogen and oxygen atoms in total. The van der Waals surface area contributed by atoms with Crippen LogP contribution in [0.5, 0.6) is 0 Å². The van der Waals surface area contributed by atoms with Crippen LogP contribution in [0.15, 0.2) is 0 Å². The smallest absolute Gasteiger partial charge is 0.325 e. The predicted molar refractivity (Wildman–Crippen MR) is 120 cm³/mol. The third-order valence-electron chi connectivity index (χ3n) is 4.41. The Labute approximate surface area is 230 Å². The number of ether oxygens (including phenoxy) is 1. The fourth-order valence-corrected chi connectivity index (χ4v) is 3.33. The van der Waals surface area contributed by atoms with Gasteiger partial charge in [-0.15, -0.1) is 0 Å². The molecular formula is C19H35NNa2O8S. The Hall–Kier alpha value is 0.320. The van der Waals surface area contributed by atoms with E-state index in [1.54, 1.807) is 0 Å². The van der Waals surface area contributed by atoms with Gasteiger partial charge in [-0.3, -0.25) is 18.9 Å². The van der Waals surface area contributed by atoms with Gasteiger partial charge in [0.25, 0.3) is 10.1 Å². The van der Waals surface area contributed by atoms with Gasteiger partial charge in [0.05, 0.1) is 13.0 Å². The van der Waals surface area contributed by atoms with Gasteiger partial charge in [0.2, 0.25) is 5.91 Å². The van der Waals surface area contributed by atoms with E-state index in [4.69, 9.17) is 14.4 Å². The summed E-state index contributed by atoms with van der Waals surface area (Å²) in [6.45, 7) is 3.71. The second-order valence-corrected chi connectivity index (χ2v) is 8.83. The van der Waals surface area contributed by atoms with Crippen LogP contribution in [0.25, 0.3) is 0 Å². The minimum Gasteiger partial charge on any atom is -0.480 e. The van der Waals surface area contributed by atoms with Gasteiger partial charge in [-0.25, -0.2) is 0 Å². The quantitative estimate of drug-likeness (QED) is 0.123. The topological polar surface area (TPSA) is 147 Å². The molecule has 0 aromatic heterocycles. The molecule has 0 aliphatic rings. The van der Waals surface area contributed by atoms with E-state index >= 15 is 0 Å². The molecule has 0 rings (SSSR count). The van der Waals surface area contributed by atoms with Crippen LogP contribution in [-0.4, -0.2) is 113 Å². The van der Waals surface area contributed by atoms with Crippen LogP contribution in [0.2, 0.25) is 0 Å². The molecule has 0 saturated heterocycles. The minimum atomic E-state index is -4.91. The zero-order valence-electron chi connectivity index (χ0n) is 19.4. The monoisotopic (exact) mass is 483 g/mol. The average Bonchev–Trinajstić information content (AvgIpc) is 2.62. The fourth-order valence-electron chi connectivity index (χ4n) is 2.73. The summed E-state index contributed by atoms with van der Waals surface area (Å²) < 4.78 is 35.6. The SMILES string of the molecule is CCCCCCCCCCCC(=O)NCC(C)OC(=O)CC(C(=O)O)S(=O)(=O)O.[Na].[Na]. The number of hydrogen-bond acceptors (Lipinski definition) is 6. The van der Waals surface area contributed by atoms with Crippen molar-refractivity contribution in [1.82, 2.24) is 5.32 Å². The second-order valence-electron chi connectivity index (χ2n) is 7.23. The van der Waals surface area contributed by atoms with Crippen molar-refractivity contribution in [3.63, 3.8) is 0 Å². The summed E-state index contributed by atoms with van der Waals surface area (Å²) in [6, 6.07) is 0. The summed E-state index contributed by atoms with van der Waals surface area (Å²) >= 11 is 0. The van der Waals surface area contributed by atoms with E-state index in [0.29, 0.717) is 6.42 Å². The van der Waals surface area contributed by atoms with Crippen molar-refractivity contribution >= 4 is 87.1 Å². The van der Waals surface area contributed by atoms with Crippen molar-refractivity contribution in [2.75, 3.05) is 6.54 Å². The first-order valence-corrected chi connectivity index (χ1v) is 11.7. The van der Waals surface area contributed by atoms with E-state index < -0.39 is 39.8 Å². The standard InChI is InChI=1S/C19H35NO8S.2Na/c1-3-4-5-6-7-8-9-10-11-12-17(21)20-14-15(2)28-18(22)13-16(19(23)24)29(25,26)27;;/h15-16H,3-14H2,1-2H3,(H,20,21)(H,23,24)(H,25,26,27);;. The Bertz CT molecular complexity index is 616. The van der Waals surface area contributed by atoms with Gasteiger partial charge >= 0.3 is 11.9 Å². The van der Waals surface area contributed by atoms with E-state index in [1.807, 2.05) is 0 Å². The maximum Gasteiger partial charge on any atom is 0.325 e. The number of amides is 1. The molecule has 0 saturated carbocycles. The average molecular weight is 484 g/mol. The molecule has 0 aliphatic heterocycles. The molecule has 0 aromatic rings. The zero-order chi connectivity index (χ0) is 22.3. The molecule has 0 aliphatic carbocycles. The van der Waals surface area contributed by atoms with Gasteiger partial charge in [-0.05, 0) is 13.3 Å². The van der Waals surface area contributed by atoms with Gasteiger partial charge in [-0.2, -0.15) is 8.42 Å². The largest absolute Gasteiger partial charge is 0.480 e. The molecule has 172 valence electrons. The molecule has 0 fully saturated rings. The molecule has 2 radical (unpaired) electrons. The van der Waals surface area contributed by atoms with Crippen molar-refractivity contribution in [1.29, 1.82) is 0 Å². The molecule has 31 heavy (non-hydrogen) atoms. The molecule has 3 N–H and O–H groups in total. The first-order chi connectivity index (χ1) is 13.6. The van der Waals surface area contributed by atoms with E-state index in [-0.39, 0.29) is 71.6 Å². The molecule has 12 heteroatoms. The number of carboxylic acid groups (broad SMARTS) is 1. The Kier molecular flexibility index (Phi) is 24.2. The summed E-state index contributed by atoms with van der Waals surface area (Å²) in [6.07, 6.45) is 8.96. The number of nitrogens with one attached hydrogen (secondary N) is 1. The van der Waals surface area contributed by atoms with Crippen molar-refractivity contribution in [2.24, 2.45) is 0 Å². The number of esters is 1. The number of carbonyl (C=O) groups excluding carboxylic acids is 2. The minimum absolute atomic E-state index is 0. The Balaban J connectivity index is -0.00000392. The number of carboxylic acids is 1. The van der Waals surface area contributed by atoms with Crippen molar-refractivity contribution in [2.45, 2.75) is 95.8 Å². The third kappa shape index (κ3) is 20.6. The van der Waals surface area contributed by atoms with E-state index in [0.717, 1.165) is 19.3 Å². The van der Waals surface area contributed by atoms with Gasteiger partial charge < -0.3 is 15.2 Å². The van der Waals surface area contributed by atoms with Crippen LogP contribution in [0.3, 0.4) is 0 Å². The summed E-state index contributed by atoms with van der Waals surface area (Å²) in [7, 11) is -4.91. The number of unbranched alkanes of at least 4 members (excludes halogenated alkanes) is 8. The molecule has 1 amide bonds. The predicted octanol–water partition coefficient (Wildman–Crippen LogP) is 1.92. The van der Waals surface area contributed by atoms with Crippen LogP contribution >= 0.6 is 0 Å². The summed E-state index contributed by atoms with van der Waals surface area (Å²) in [5, 5.41) is 9.09. The van der Waals surface area contributed by atoms with E-state index in [2.05, 4.69) is 12.2 Å². The molecule has 0 heterocycles. The fraction of sp³-hybridized carbons (Fsp3) is 0.842. The van der Waals surface area contributed by atoms with Crippen LogP contribution < -0.4 is 5.32 Å². The molecule has 2 unspecified atom stereocenters. The first kappa shape index (κ1) is 35.9. The Morgan fingerprint density at radius 3 is 1.87 bits per heavy atom. The van der Waals surface area contributed by atoms with Gasteiger partial charge in [0.15, 0.2) is 5.25 Å². The van der Waals surface area contributed by atoms with Gasteiger partial charge in [0, 0.05) is 65.5 Å². The zero-order valence-corrected chi connectivity index (χ0v) is 24.2. The second kappa shape index (κ2) is 20.9. The first-order valence-electron chi connectivity index (χ1n) is 10.2. The van der Waals surface area contributed by atoms with E-state index in [1.165, 1.54) is 45.4 Å². The van der Waals surface area contributed by atoms with Crippen LogP contribution in [-0.2, 0) is 29.2 Å². The third-order valence-corrected chi connectivity index (χ3v) is 5.50. The maximum absolute atomic E-state index is 11.8. The number of rotatable bonds is 17. The van der Waals surface area contributed by atoms with Crippen molar-refractivity contribution < 1.29 is 37.2 Å². The summed E-state index contributed by atoms with van der Waals surface area (Å²) in [5.74, 6) is -3.10. The molecule has 0 bridgehead atoms. The summed E-state index contributed by atoms with van der Waals surface area (Å²) in [5.41, 5.74) is 0.